The minimum absolute atomic E-state index is 0.119. The van der Waals surface area contributed by atoms with E-state index in [0.717, 1.165) is 24.2 Å². The minimum atomic E-state index is -0.181. The van der Waals surface area contributed by atoms with Gasteiger partial charge in [0.25, 0.3) is 5.56 Å². The maximum Gasteiger partial charge on any atom is 0.263 e. The first kappa shape index (κ1) is 22.3. The number of carbonyl (C=O) groups excluding carboxylic acids is 1. The van der Waals surface area contributed by atoms with Crippen LogP contribution in [0, 0.1) is 0 Å². The Bertz CT molecular complexity index is 1660. The standard InChI is InChI=1S/C26H23N7O2S/c1-2-14-31-24(35)19-10-6-7-11-21(19)32-25(31)28-29-26(32)36-16-23(34)27-22-15-20(17-12-13-17)30-33(22)18-8-4-3-5-9-18/h2-11,15,17H,1,12-14,16H2,(H,27,34). The molecule has 36 heavy (non-hydrogen) atoms. The fourth-order valence-corrected chi connectivity index (χ4v) is 5.00. The molecule has 180 valence electrons. The van der Waals surface area contributed by atoms with Crippen LogP contribution in [0.15, 0.2) is 83.3 Å². The summed E-state index contributed by atoms with van der Waals surface area (Å²) in [7, 11) is 0. The van der Waals surface area contributed by atoms with Crippen molar-refractivity contribution in [3.05, 3.63) is 89.4 Å². The number of nitrogens with zero attached hydrogens (tertiary/aromatic N) is 6. The summed E-state index contributed by atoms with van der Waals surface area (Å²) in [5, 5.41) is 17.4. The molecule has 0 aliphatic heterocycles. The van der Waals surface area contributed by atoms with E-state index in [1.807, 2.05) is 59.0 Å². The van der Waals surface area contributed by atoms with Gasteiger partial charge in [-0.1, -0.05) is 48.2 Å². The number of anilines is 1. The molecule has 6 rings (SSSR count). The van der Waals surface area contributed by atoms with E-state index in [9.17, 15) is 9.59 Å². The highest BCUT2D eigenvalue weighted by Crippen LogP contribution is 2.40. The lowest BCUT2D eigenvalue weighted by molar-refractivity contribution is -0.113. The number of para-hydroxylation sites is 2. The maximum absolute atomic E-state index is 13.0. The van der Waals surface area contributed by atoms with Gasteiger partial charge in [-0.05, 0) is 37.1 Å². The van der Waals surface area contributed by atoms with Gasteiger partial charge >= 0.3 is 0 Å². The Kier molecular flexibility index (Phi) is 5.65. The number of thioether (sulfide) groups is 1. The van der Waals surface area contributed by atoms with Crippen LogP contribution in [0.2, 0.25) is 0 Å². The van der Waals surface area contributed by atoms with E-state index in [4.69, 9.17) is 5.10 Å². The van der Waals surface area contributed by atoms with Crippen LogP contribution < -0.4 is 10.9 Å². The summed E-state index contributed by atoms with van der Waals surface area (Å²) in [6.07, 6.45) is 3.90. The molecule has 0 radical (unpaired) electrons. The third kappa shape index (κ3) is 3.99. The predicted octanol–water partition coefficient (Wildman–Crippen LogP) is 4.02. The first-order valence-corrected chi connectivity index (χ1v) is 12.7. The van der Waals surface area contributed by atoms with Crippen LogP contribution in [-0.4, -0.2) is 40.6 Å². The van der Waals surface area contributed by atoms with E-state index in [1.54, 1.807) is 16.8 Å². The lowest BCUT2D eigenvalue weighted by Gasteiger charge is -2.10. The lowest BCUT2D eigenvalue weighted by Crippen LogP contribution is -2.23. The fourth-order valence-electron chi connectivity index (χ4n) is 4.26. The Morgan fingerprint density at radius 2 is 1.89 bits per heavy atom. The van der Waals surface area contributed by atoms with Gasteiger partial charge in [0.05, 0.1) is 28.0 Å². The molecule has 1 fully saturated rings. The van der Waals surface area contributed by atoms with Crippen molar-refractivity contribution in [1.82, 2.24) is 28.9 Å². The normalized spacial score (nSPS) is 13.3. The van der Waals surface area contributed by atoms with Gasteiger partial charge in [-0.2, -0.15) is 5.10 Å². The van der Waals surface area contributed by atoms with Gasteiger partial charge in [-0.3, -0.25) is 18.6 Å². The van der Waals surface area contributed by atoms with Gasteiger partial charge in [-0.15, -0.1) is 16.8 Å². The van der Waals surface area contributed by atoms with Crippen molar-refractivity contribution in [3.63, 3.8) is 0 Å². The number of aromatic nitrogens is 6. The zero-order valence-corrected chi connectivity index (χ0v) is 20.2. The van der Waals surface area contributed by atoms with Crippen LogP contribution in [-0.2, 0) is 11.3 Å². The van der Waals surface area contributed by atoms with Crippen molar-refractivity contribution in [2.45, 2.75) is 30.5 Å². The molecular formula is C26H23N7O2S. The van der Waals surface area contributed by atoms with Crippen LogP contribution >= 0.6 is 11.8 Å². The van der Waals surface area contributed by atoms with Gasteiger partial charge in [0.2, 0.25) is 11.7 Å². The molecule has 5 aromatic rings. The maximum atomic E-state index is 13.0. The summed E-state index contributed by atoms with van der Waals surface area (Å²) in [5.74, 6) is 1.46. The average Bonchev–Trinajstić information content (AvgIpc) is 3.54. The highest BCUT2D eigenvalue weighted by molar-refractivity contribution is 7.99. The SMILES string of the molecule is C=CCn1c(=O)c2ccccc2n2c(SCC(=O)Nc3cc(C4CC4)nn3-c3ccccc3)nnc12. The second-order valence-corrected chi connectivity index (χ2v) is 9.59. The molecule has 0 spiro atoms. The zero-order chi connectivity index (χ0) is 24.6. The molecule has 0 bridgehead atoms. The third-order valence-corrected chi connectivity index (χ3v) is 7.04. The number of rotatable bonds is 8. The molecule has 10 heteroatoms. The number of nitrogens with one attached hydrogen (secondary N) is 1. The quantitative estimate of drug-likeness (QED) is 0.257. The van der Waals surface area contributed by atoms with Crippen molar-refractivity contribution in [2.75, 3.05) is 11.1 Å². The molecule has 3 aromatic heterocycles. The van der Waals surface area contributed by atoms with Gasteiger partial charge < -0.3 is 5.32 Å². The monoisotopic (exact) mass is 497 g/mol. The van der Waals surface area contributed by atoms with E-state index in [2.05, 4.69) is 22.1 Å². The van der Waals surface area contributed by atoms with E-state index in [0.29, 0.717) is 40.1 Å². The third-order valence-electron chi connectivity index (χ3n) is 6.11. The lowest BCUT2D eigenvalue weighted by atomic mass is 10.2. The number of hydrogen-bond donors (Lipinski definition) is 1. The molecule has 9 nitrogen and oxygen atoms in total. The highest BCUT2D eigenvalue weighted by Gasteiger charge is 2.28. The Morgan fingerprint density at radius 3 is 2.67 bits per heavy atom. The fraction of sp³-hybridized carbons (Fsp3) is 0.192. The van der Waals surface area contributed by atoms with E-state index in [-0.39, 0.29) is 17.2 Å². The number of amides is 1. The van der Waals surface area contributed by atoms with Gasteiger partial charge in [0, 0.05) is 18.5 Å². The van der Waals surface area contributed by atoms with Crippen molar-refractivity contribution < 1.29 is 4.79 Å². The molecule has 3 heterocycles. The largest absolute Gasteiger partial charge is 0.310 e. The highest BCUT2D eigenvalue weighted by atomic mass is 32.2. The van der Waals surface area contributed by atoms with Crippen LogP contribution in [0.5, 0.6) is 0 Å². The molecule has 1 aliphatic carbocycles. The molecule has 0 atom stereocenters. The summed E-state index contributed by atoms with van der Waals surface area (Å²) in [5.41, 5.74) is 2.43. The van der Waals surface area contributed by atoms with E-state index < -0.39 is 0 Å². The van der Waals surface area contributed by atoms with E-state index in [1.165, 1.54) is 16.3 Å². The van der Waals surface area contributed by atoms with Crippen molar-refractivity contribution in [3.8, 4) is 5.69 Å². The van der Waals surface area contributed by atoms with Gasteiger partial charge in [-0.25, -0.2) is 4.68 Å². The van der Waals surface area contributed by atoms with Crippen LogP contribution in [0.1, 0.15) is 24.5 Å². The molecule has 1 amide bonds. The molecule has 0 saturated heterocycles. The molecule has 1 aliphatic rings. The zero-order valence-electron chi connectivity index (χ0n) is 19.4. The number of allylic oxidation sites excluding steroid dienone is 1. The Labute approximate surface area is 210 Å². The van der Waals surface area contributed by atoms with E-state index >= 15 is 0 Å². The van der Waals surface area contributed by atoms with Gasteiger partial charge in [0.15, 0.2) is 5.16 Å². The average molecular weight is 498 g/mol. The second kappa shape index (κ2) is 9.12. The Hall–Kier alpha value is -4.18. The van der Waals surface area contributed by atoms with Crippen LogP contribution in [0.25, 0.3) is 22.4 Å². The summed E-state index contributed by atoms with van der Waals surface area (Å²) in [6, 6.07) is 19.0. The second-order valence-electron chi connectivity index (χ2n) is 8.65. The number of hydrogen-bond acceptors (Lipinski definition) is 6. The molecule has 2 aromatic carbocycles. The Morgan fingerprint density at radius 1 is 1.11 bits per heavy atom. The summed E-state index contributed by atoms with van der Waals surface area (Å²) in [4.78, 5) is 26.0. The van der Waals surface area contributed by atoms with Crippen molar-refractivity contribution in [2.24, 2.45) is 0 Å². The predicted molar refractivity (Wildman–Crippen MR) is 140 cm³/mol. The smallest absolute Gasteiger partial charge is 0.263 e. The van der Waals surface area contributed by atoms with Crippen LogP contribution in [0.3, 0.4) is 0 Å². The molecule has 1 N–H and O–H groups in total. The molecular weight excluding hydrogens is 474 g/mol. The molecule has 0 unspecified atom stereocenters. The minimum Gasteiger partial charge on any atom is -0.310 e. The summed E-state index contributed by atoms with van der Waals surface area (Å²) < 4.78 is 5.13. The number of carbonyl (C=O) groups is 1. The van der Waals surface area contributed by atoms with Crippen LogP contribution in [0.4, 0.5) is 5.82 Å². The first-order valence-electron chi connectivity index (χ1n) is 11.7. The number of fused-ring (bicyclic) bond motifs is 3. The first-order chi connectivity index (χ1) is 17.6. The topological polar surface area (TPSA) is 99.1 Å². The van der Waals surface area contributed by atoms with Crippen molar-refractivity contribution >= 4 is 40.2 Å². The summed E-state index contributed by atoms with van der Waals surface area (Å²) >= 11 is 1.26. The Balaban J connectivity index is 1.28. The number of benzene rings is 2. The molecule has 1 saturated carbocycles. The van der Waals surface area contributed by atoms with Gasteiger partial charge in [0.1, 0.15) is 5.82 Å². The summed E-state index contributed by atoms with van der Waals surface area (Å²) in [6.45, 7) is 4.06. The van der Waals surface area contributed by atoms with Crippen molar-refractivity contribution in [1.29, 1.82) is 0 Å².